The molecule has 0 spiro atoms. The average Bonchev–Trinajstić information content (AvgIpc) is 2.89. The van der Waals surface area contributed by atoms with Gasteiger partial charge >= 0.3 is 0 Å². The number of β-amino-alcohol motifs (C(OH)–C–C–N with tert-alkyl or cyclic N) is 1. The van der Waals surface area contributed by atoms with Crippen molar-refractivity contribution in [3.05, 3.63) is 0 Å². The summed E-state index contributed by atoms with van der Waals surface area (Å²) in [5.74, 6) is 0.964. The number of aliphatic imine (C=N–C) groups is 1. The van der Waals surface area contributed by atoms with Gasteiger partial charge in [-0.05, 0) is 52.2 Å². The molecule has 1 aliphatic rings. The number of halogens is 1. The summed E-state index contributed by atoms with van der Waals surface area (Å²) in [6, 6.07) is 0. The highest BCUT2D eigenvalue weighted by Gasteiger charge is 2.22. The van der Waals surface area contributed by atoms with Crippen LogP contribution in [0, 0.1) is 0 Å². The molecular weight excluding hydrogens is 391 g/mol. The maximum atomic E-state index is 9.65. The molecule has 1 heterocycles. The Hall–Kier alpha value is -0.0800. The first kappa shape index (κ1) is 21.9. The molecule has 132 valence electrons. The SMILES string of the molecule is CCCN(CCC)CCCN=C(NCC)N1CC[C@@H](O)C1.I. The molecule has 1 saturated heterocycles. The smallest absolute Gasteiger partial charge is 0.194 e. The minimum atomic E-state index is -0.196. The molecule has 1 aliphatic heterocycles. The van der Waals surface area contributed by atoms with Crippen molar-refractivity contribution in [2.24, 2.45) is 4.99 Å². The topological polar surface area (TPSA) is 51.1 Å². The molecule has 1 fully saturated rings. The third-order valence-corrected chi connectivity index (χ3v) is 3.77. The van der Waals surface area contributed by atoms with Crippen LogP contribution in [-0.4, -0.2) is 72.8 Å². The zero-order valence-electron chi connectivity index (χ0n) is 14.6. The summed E-state index contributed by atoms with van der Waals surface area (Å²) < 4.78 is 0. The molecule has 0 bridgehead atoms. The monoisotopic (exact) mass is 426 g/mol. The van der Waals surface area contributed by atoms with Gasteiger partial charge in [0.15, 0.2) is 5.96 Å². The van der Waals surface area contributed by atoms with Crippen molar-refractivity contribution in [1.29, 1.82) is 0 Å². The van der Waals surface area contributed by atoms with Gasteiger partial charge < -0.3 is 20.2 Å². The van der Waals surface area contributed by atoms with Gasteiger partial charge in [0.05, 0.1) is 6.10 Å². The number of aliphatic hydroxyl groups excluding tert-OH is 1. The van der Waals surface area contributed by atoms with Gasteiger partial charge in [-0.2, -0.15) is 0 Å². The third-order valence-electron chi connectivity index (χ3n) is 3.77. The Balaban J connectivity index is 0.00000441. The summed E-state index contributed by atoms with van der Waals surface area (Å²) >= 11 is 0. The minimum absolute atomic E-state index is 0. The van der Waals surface area contributed by atoms with Crippen LogP contribution in [0.1, 0.15) is 46.5 Å². The summed E-state index contributed by atoms with van der Waals surface area (Å²) in [6.45, 7) is 13.4. The van der Waals surface area contributed by atoms with Crippen molar-refractivity contribution in [1.82, 2.24) is 15.1 Å². The van der Waals surface area contributed by atoms with Crippen molar-refractivity contribution in [3.8, 4) is 0 Å². The number of hydrogen-bond donors (Lipinski definition) is 2. The molecular formula is C16H35IN4O. The van der Waals surface area contributed by atoms with Crippen LogP contribution < -0.4 is 5.32 Å². The second-order valence-corrected chi connectivity index (χ2v) is 5.82. The Bertz CT molecular complexity index is 296. The van der Waals surface area contributed by atoms with E-state index in [0.717, 1.165) is 45.0 Å². The summed E-state index contributed by atoms with van der Waals surface area (Å²) in [5.41, 5.74) is 0. The average molecular weight is 426 g/mol. The molecule has 2 N–H and O–H groups in total. The van der Waals surface area contributed by atoms with E-state index in [0.29, 0.717) is 6.54 Å². The largest absolute Gasteiger partial charge is 0.391 e. The molecule has 0 unspecified atom stereocenters. The van der Waals surface area contributed by atoms with E-state index in [1.165, 1.54) is 25.9 Å². The van der Waals surface area contributed by atoms with Gasteiger partial charge in [0.1, 0.15) is 0 Å². The molecule has 0 radical (unpaired) electrons. The molecule has 0 aromatic heterocycles. The van der Waals surface area contributed by atoms with E-state index in [2.05, 4.69) is 35.9 Å². The fraction of sp³-hybridized carbons (Fsp3) is 0.938. The molecule has 1 rings (SSSR count). The van der Waals surface area contributed by atoms with Gasteiger partial charge in [-0.3, -0.25) is 4.99 Å². The maximum absolute atomic E-state index is 9.65. The van der Waals surface area contributed by atoms with Crippen LogP contribution in [0.15, 0.2) is 4.99 Å². The first-order valence-electron chi connectivity index (χ1n) is 8.64. The Kier molecular flexibility index (Phi) is 13.3. The van der Waals surface area contributed by atoms with Crippen molar-refractivity contribution in [3.63, 3.8) is 0 Å². The summed E-state index contributed by atoms with van der Waals surface area (Å²) in [6.07, 6.45) is 4.20. The number of nitrogens with one attached hydrogen (secondary N) is 1. The standard InChI is InChI=1S/C16H34N4O.HI/c1-4-10-19(11-5-2)12-7-9-18-16(17-6-3)20-13-8-15(21)14-20;/h15,21H,4-14H2,1-3H3,(H,17,18);1H/t15-;/m1./s1. The van der Waals surface area contributed by atoms with Crippen LogP contribution in [-0.2, 0) is 0 Å². The zero-order valence-corrected chi connectivity index (χ0v) is 16.9. The molecule has 0 saturated carbocycles. The maximum Gasteiger partial charge on any atom is 0.194 e. The first-order valence-corrected chi connectivity index (χ1v) is 8.64. The van der Waals surface area contributed by atoms with Gasteiger partial charge in [0.2, 0.25) is 0 Å². The van der Waals surface area contributed by atoms with Crippen LogP contribution in [0.25, 0.3) is 0 Å². The lowest BCUT2D eigenvalue weighted by Crippen LogP contribution is -2.40. The van der Waals surface area contributed by atoms with E-state index in [9.17, 15) is 5.11 Å². The summed E-state index contributed by atoms with van der Waals surface area (Å²) in [7, 11) is 0. The molecule has 22 heavy (non-hydrogen) atoms. The molecule has 0 amide bonds. The quantitative estimate of drug-likeness (QED) is 0.257. The van der Waals surface area contributed by atoms with Crippen molar-refractivity contribution >= 4 is 29.9 Å². The Labute approximate surface area is 153 Å². The van der Waals surface area contributed by atoms with Gasteiger partial charge in [0.25, 0.3) is 0 Å². The lowest BCUT2D eigenvalue weighted by atomic mass is 10.3. The molecule has 5 nitrogen and oxygen atoms in total. The Morgan fingerprint density at radius 1 is 1.23 bits per heavy atom. The van der Waals surface area contributed by atoms with Gasteiger partial charge in [0, 0.05) is 26.2 Å². The number of likely N-dealkylation sites (tertiary alicyclic amines) is 1. The number of rotatable bonds is 9. The third kappa shape index (κ3) is 8.53. The fourth-order valence-corrected chi connectivity index (χ4v) is 2.81. The van der Waals surface area contributed by atoms with Gasteiger partial charge in [-0.15, -0.1) is 24.0 Å². The molecule has 1 atom stereocenters. The van der Waals surface area contributed by atoms with Crippen molar-refractivity contribution < 1.29 is 5.11 Å². The van der Waals surface area contributed by atoms with Crippen molar-refractivity contribution in [2.45, 2.75) is 52.6 Å². The molecule has 0 aromatic rings. The number of aliphatic hydroxyl groups is 1. The number of guanidine groups is 1. The van der Waals surface area contributed by atoms with Gasteiger partial charge in [-0.25, -0.2) is 0 Å². The predicted octanol–water partition coefficient (Wildman–Crippen LogP) is 2.15. The van der Waals surface area contributed by atoms with E-state index in [1.54, 1.807) is 0 Å². The fourth-order valence-electron chi connectivity index (χ4n) is 2.81. The van der Waals surface area contributed by atoms with Crippen LogP contribution in [0.3, 0.4) is 0 Å². The summed E-state index contributed by atoms with van der Waals surface area (Å²) in [4.78, 5) is 9.42. The number of hydrogen-bond acceptors (Lipinski definition) is 3. The minimum Gasteiger partial charge on any atom is -0.391 e. The first-order chi connectivity index (χ1) is 10.2. The van der Waals surface area contributed by atoms with Crippen LogP contribution in [0.5, 0.6) is 0 Å². The van der Waals surface area contributed by atoms with Gasteiger partial charge in [-0.1, -0.05) is 13.8 Å². The molecule has 0 aromatic carbocycles. The van der Waals surface area contributed by atoms with Crippen LogP contribution in [0.4, 0.5) is 0 Å². The van der Waals surface area contributed by atoms with E-state index >= 15 is 0 Å². The second kappa shape index (κ2) is 13.4. The second-order valence-electron chi connectivity index (χ2n) is 5.82. The lowest BCUT2D eigenvalue weighted by molar-refractivity contribution is 0.187. The lowest BCUT2D eigenvalue weighted by Gasteiger charge is -2.22. The Morgan fingerprint density at radius 3 is 2.41 bits per heavy atom. The Morgan fingerprint density at radius 2 is 1.91 bits per heavy atom. The number of nitrogens with zero attached hydrogens (tertiary/aromatic N) is 3. The zero-order chi connectivity index (χ0) is 15.5. The van der Waals surface area contributed by atoms with E-state index in [-0.39, 0.29) is 30.1 Å². The summed E-state index contributed by atoms with van der Waals surface area (Å²) in [5, 5.41) is 13.0. The van der Waals surface area contributed by atoms with Crippen LogP contribution in [0.2, 0.25) is 0 Å². The molecule has 6 heteroatoms. The predicted molar refractivity (Wildman–Crippen MR) is 105 cm³/mol. The highest BCUT2D eigenvalue weighted by Crippen LogP contribution is 2.08. The van der Waals surface area contributed by atoms with E-state index < -0.39 is 0 Å². The highest BCUT2D eigenvalue weighted by atomic mass is 127. The molecule has 0 aliphatic carbocycles. The van der Waals surface area contributed by atoms with E-state index in [4.69, 9.17) is 4.99 Å². The van der Waals surface area contributed by atoms with Crippen LogP contribution >= 0.6 is 24.0 Å². The highest BCUT2D eigenvalue weighted by molar-refractivity contribution is 14.0. The van der Waals surface area contributed by atoms with Crippen molar-refractivity contribution in [2.75, 3.05) is 45.8 Å². The normalized spacial score (nSPS) is 18.7. The van der Waals surface area contributed by atoms with E-state index in [1.807, 2.05) is 0 Å².